The minimum absolute atomic E-state index is 0.0510. The van der Waals surface area contributed by atoms with Gasteiger partial charge in [0.2, 0.25) is 5.91 Å². The molecule has 0 radical (unpaired) electrons. The van der Waals surface area contributed by atoms with Crippen LogP contribution in [0.25, 0.3) is 0 Å². The highest BCUT2D eigenvalue weighted by Gasteiger charge is 2.15. The average molecular weight is 396 g/mol. The summed E-state index contributed by atoms with van der Waals surface area (Å²) in [5.74, 6) is 1.32. The number of nitrogens with zero attached hydrogens (tertiary/aromatic N) is 2. The van der Waals surface area contributed by atoms with Crippen LogP contribution < -0.4 is 10.1 Å². The molecule has 2 aromatic rings. The second kappa shape index (κ2) is 10.1. The third kappa shape index (κ3) is 5.49. The van der Waals surface area contributed by atoms with Gasteiger partial charge in [0, 0.05) is 23.6 Å². The van der Waals surface area contributed by atoms with Crippen LogP contribution in [0.1, 0.15) is 49.4 Å². The summed E-state index contributed by atoms with van der Waals surface area (Å²) in [7, 11) is 0. The number of nitriles is 1. The number of fused-ring (bicyclic) bond motifs is 1. The van der Waals surface area contributed by atoms with E-state index in [9.17, 15) is 10.1 Å². The Morgan fingerprint density at radius 1 is 1.25 bits per heavy atom. The number of aromatic nitrogens is 1. The number of amides is 1. The highest BCUT2D eigenvalue weighted by atomic mass is 32.2. The summed E-state index contributed by atoms with van der Waals surface area (Å²) in [4.78, 5) is 17.0. The van der Waals surface area contributed by atoms with Gasteiger partial charge in [0.1, 0.15) is 16.8 Å². The maximum absolute atomic E-state index is 12.2. The zero-order valence-electron chi connectivity index (χ0n) is 16.2. The first kappa shape index (κ1) is 20.2. The van der Waals surface area contributed by atoms with Gasteiger partial charge >= 0.3 is 0 Å². The van der Waals surface area contributed by atoms with Crippen LogP contribution in [-0.2, 0) is 17.6 Å². The summed E-state index contributed by atoms with van der Waals surface area (Å²) in [6.07, 6.45) is 5.88. The fourth-order valence-corrected chi connectivity index (χ4v) is 4.16. The van der Waals surface area contributed by atoms with Crippen molar-refractivity contribution >= 4 is 23.4 Å². The molecule has 0 atom stereocenters. The topological polar surface area (TPSA) is 75.0 Å². The number of hydrogen-bond donors (Lipinski definition) is 1. The molecule has 1 aromatic carbocycles. The van der Waals surface area contributed by atoms with Crippen molar-refractivity contribution in [3.05, 3.63) is 47.2 Å². The van der Waals surface area contributed by atoms with Gasteiger partial charge in [-0.15, -0.1) is 11.8 Å². The summed E-state index contributed by atoms with van der Waals surface area (Å²) in [6.45, 7) is 2.55. The molecule has 0 fully saturated rings. The number of pyridine rings is 1. The molecular weight excluding hydrogens is 370 g/mol. The number of rotatable bonds is 7. The SMILES string of the molecule is CCOc1ccc(NC(=O)CCSc2nc3c(cc2C#N)CCCCC3)cc1. The quantitative estimate of drug-likeness (QED) is 0.541. The van der Waals surface area contributed by atoms with Crippen molar-refractivity contribution < 1.29 is 9.53 Å². The van der Waals surface area contributed by atoms with Crippen molar-refractivity contribution in [2.45, 2.75) is 50.5 Å². The molecule has 0 saturated heterocycles. The molecule has 1 heterocycles. The molecule has 0 aliphatic heterocycles. The fourth-order valence-electron chi connectivity index (χ4n) is 3.25. The van der Waals surface area contributed by atoms with Crippen LogP contribution in [-0.4, -0.2) is 23.3 Å². The van der Waals surface area contributed by atoms with E-state index in [1.54, 1.807) is 0 Å². The Labute approximate surface area is 170 Å². The van der Waals surface area contributed by atoms with Gasteiger partial charge in [0.25, 0.3) is 0 Å². The highest BCUT2D eigenvalue weighted by molar-refractivity contribution is 7.99. The number of nitrogens with one attached hydrogen (secondary N) is 1. The second-order valence-electron chi connectivity index (χ2n) is 6.72. The normalized spacial score (nSPS) is 13.1. The lowest BCUT2D eigenvalue weighted by molar-refractivity contribution is -0.115. The Bertz CT molecular complexity index is 859. The van der Waals surface area contributed by atoms with Crippen molar-refractivity contribution in [3.63, 3.8) is 0 Å². The van der Waals surface area contributed by atoms with Gasteiger partial charge in [0.05, 0.1) is 12.2 Å². The van der Waals surface area contributed by atoms with Gasteiger partial charge in [-0.1, -0.05) is 6.42 Å². The lowest BCUT2D eigenvalue weighted by Crippen LogP contribution is -2.12. The molecule has 1 aromatic heterocycles. The number of benzene rings is 1. The van der Waals surface area contributed by atoms with Crippen molar-refractivity contribution in [2.75, 3.05) is 17.7 Å². The van der Waals surface area contributed by atoms with Crippen LogP contribution in [0.2, 0.25) is 0 Å². The molecule has 146 valence electrons. The van der Waals surface area contributed by atoms with Gasteiger partial charge in [0.15, 0.2) is 0 Å². The van der Waals surface area contributed by atoms with Gasteiger partial charge in [-0.2, -0.15) is 5.26 Å². The van der Waals surface area contributed by atoms with E-state index in [1.807, 2.05) is 37.3 Å². The third-order valence-corrected chi connectivity index (χ3v) is 5.65. The van der Waals surface area contributed by atoms with Crippen LogP contribution >= 0.6 is 11.8 Å². The van der Waals surface area contributed by atoms with E-state index >= 15 is 0 Å². The molecule has 3 rings (SSSR count). The molecule has 1 N–H and O–H groups in total. The first-order valence-corrected chi connectivity index (χ1v) is 10.8. The Kier molecular flexibility index (Phi) is 7.32. The van der Waals surface area contributed by atoms with Crippen molar-refractivity contribution in [1.82, 2.24) is 4.98 Å². The third-order valence-electron chi connectivity index (χ3n) is 4.65. The van der Waals surface area contributed by atoms with E-state index in [-0.39, 0.29) is 5.91 Å². The second-order valence-corrected chi connectivity index (χ2v) is 7.81. The van der Waals surface area contributed by atoms with E-state index in [0.29, 0.717) is 24.3 Å². The van der Waals surface area contributed by atoms with Crippen LogP contribution in [0.3, 0.4) is 0 Å². The number of aryl methyl sites for hydroxylation is 2. The predicted molar refractivity (Wildman–Crippen MR) is 112 cm³/mol. The number of hydrogen-bond acceptors (Lipinski definition) is 5. The molecule has 0 saturated carbocycles. The molecule has 1 aliphatic rings. The van der Waals surface area contributed by atoms with Gasteiger partial charge in [-0.25, -0.2) is 4.98 Å². The molecule has 0 spiro atoms. The van der Waals surface area contributed by atoms with Crippen LogP contribution in [0, 0.1) is 11.3 Å². The summed E-state index contributed by atoms with van der Waals surface area (Å²) in [6, 6.07) is 11.6. The van der Waals surface area contributed by atoms with E-state index < -0.39 is 0 Å². The Morgan fingerprint density at radius 2 is 2.04 bits per heavy atom. The molecule has 28 heavy (non-hydrogen) atoms. The lowest BCUT2D eigenvalue weighted by Gasteiger charge is -2.10. The number of carbonyl (C=O) groups is 1. The van der Waals surface area contributed by atoms with Gasteiger partial charge in [-0.05, 0) is 68.5 Å². The number of carbonyl (C=O) groups excluding carboxylic acids is 1. The summed E-state index contributed by atoms with van der Waals surface area (Å²) >= 11 is 1.48. The minimum atomic E-state index is -0.0510. The monoisotopic (exact) mass is 395 g/mol. The standard InChI is InChI=1S/C22H25N3O2S/c1-2-27-19-10-8-18(9-11-19)24-21(26)12-13-28-22-17(15-23)14-16-6-4-3-5-7-20(16)25-22/h8-11,14H,2-7,12-13H2,1H3,(H,24,26). The Balaban J connectivity index is 1.54. The molecule has 1 amide bonds. The maximum atomic E-state index is 12.2. The first-order valence-electron chi connectivity index (χ1n) is 9.78. The maximum Gasteiger partial charge on any atom is 0.225 e. The number of ether oxygens (including phenoxy) is 1. The van der Waals surface area contributed by atoms with Crippen LogP contribution in [0.4, 0.5) is 5.69 Å². The zero-order valence-corrected chi connectivity index (χ0v) is 17.0. The average Bonchev–Trinajstić information content (AvgIpc) is 2.94. The molecule has 5 nitrogen and oxygen atoms in total. The van der Waals surface area contributed by atoms with Crippen LogP contribution in [0.5, 0.6) is 5.75 Å². The number of anilines is 1. The molecule has 1 aliphatic carbocycles. The van der Waals surface area contributed by atoms with E-state index in [2.05, 4.69) is 11.4 Å². The van der Waals surface area contributed by atoms with Crippen LogP contribution in [0.15, 0.2) is 35.4 Å². The fraction of sp³-hybridized carbons (Fsp3) is 0.409. The molecular formula is C22H25N3O2S. The van der Waals surface area contributed by atoms with E-state index in [0.717, 1.165) is 47.8 Å². The first-order chi connectivity index (χ1) is 13.7. The van der Waals surface area contributed by atoms with Gasteiger partial charge < -0.3 is 10.1 Å². The highest BCUT2D eigenvalue weighted by Crippen LogP contribution is 2.27. The summed E-state index contributed by atoms with van der Waals surface area (Å²) in [5, 5.41) is 13.1. The summed E-state index contributed by atoms with van der Waals surface area (Å²) in [5.41, 5.74) is 3.71. The largest absolute Gasteiger partial charge is 0.494 e. The summed E-state index contributed by atoms with van der Waals surface area (Å²) < 4.78 is 5.40. The molecule has 0 bridgehead atoms. The van der Waals surface area contributed by atoms with Gasteiger partial charge in [-0.3, -0.25) is 4.79 Å². The van der Waals surface area contributed by atoms with Crippen molar-refractivity contribution in [2.24, 2.45) is 0 Å². The predicted octanol–water partition coefficient (Wildman–Crippen LogP) is 4.74. The molecule has 0 unspecified atom stereocenters. The van der Waals surface area contributed by atoms with E-state index in [1.165, 1.54) is 23.7 Å². The zero-order chi connectivity index (χ0) is 19.8. The Morgan fingerprint density at radius 3 is 2.79 bits per heavy atom. The van der Waals surface area contributed by atoms with Crippen molar-refractivity contribution in [1.29, 1.82) is 5.26 Å². The smallest absolute Gasteiger partial charge is 0.225 e. The van der Waals surface area contributed by atoms with E-state index in [4.69, 9.17) is 9.72 Å². The minimum Gasteiger partial charge on any atom is -0.494 e. The Hall–Kier alpha value is -2.52. The molecule has 6 heteroatoms. The number of thioether (sulfide) groups is 1. The van der Waals surface area contributed by atoms with Crippen molar-refractivity contribution in [3.8, 4) is 11.8 Å². The lowest BCUT2D eigenvalue weighted by atomic mass is 10.1.